The highest BCUT2D eigenvalue weighted by atomic mass is 16.1. The number of carbonyl (C=O) groups is 2. The first-order chi connectivity index (χ1) is 28.5. The number of unbranched alkanes of at least 4 members (excludes halogenated alkanes) is 1. The van der Waals surface area contributed by atoms with Crippen LogP contribution in [-0.4, -0.2) is 74.3 Å². The van der Waals surface area contributed by atoms with Gasteiger partial charge in [-0.1, -0.05) is 145 Å². The molecule has 3 rings (SSSR count). The fourth-order valence-corrected chi connectivity index (χ4v) is 5.93. The maximum absolute atomic E-state index is 8.58. The van der Waals surface area contributed by atoms with Crippen LogP contribution >= 0.6 is 0 Å². The third-order valence-corrected chi connectivity index (χ3v) is 8.56. The maximum Gasteiger partial charge on any atom is 0.204 e. The van der Waals surface area contributed by atoms with Crippen molar-refractivity contribution in [3.05, 3.63) is 120 Å². The standard InChI is InChI=1S/C34H56N6.C7H8.C4H10.C2H6.2CH3NO/c1-5-8-14-21-37-29(4)39-22-24-40(25-23-39)34(16-7-3)31(19-12-13-20-35)28-38-33(15-6-2)32(27-36)26-30-17-10-9-11-18-30;1-7-5-3-2-4-6-7;1-4(2)3;1-2;2*2-1-3/h5,8-11,14-18,21,31-32,38H,6-7,12-13,19-20,22-28,35-36H2,1-4H3;2-6H,1H3;4H,1-3H3;1-2H3;2*1H,(H2,2,3)/b8-5+,21-14-,33-15?,34-16?,37-29?;;;;;. The van der Waals surface area contributed by atoms with E-state index in [1.807, 2.05) is 63.4 Å². The monoisotopic (exact) mass is 819 g/mol. The SMILES string of the molecule is C/C=C/C=C\N=C(C)N1CCN(C(=CCC)C(CCCCN)CNC(=CCC)C(CN)Cc2ccccc2)CC1.CC.CC(C)C.Cc1ccccc1.NC=O.NC=O. The fourth-order valence-electron chi connectivity index (χ4n) is 5.93. The van der Waals surface area contributed by atoms with Gasteiger partial charge in [-0.2, -0.15) is 0 Å². The molecular weight excluding hydrogens is 733 g/mol. The van der Waals surface area contributed by atoms with Crippen LogP contribution in [0.4, 0.5) is 0 Å². The van der Waals surface area contributed by atoms with Gasteiger partial charge in [-0.05, 0) is 77.0 Å². The molecule has 0 aromatic heterocycles. The fraction of sp³-hybridized carbons (Fsp3) is 0.531. The summed E-state index contributed by atoms with van der Waals surface area (Å²) < 4.78 is 0. The molecule has 1 aliphatic rings. The quantitative estimate of drug-likeness (QED) is 0.0350. The molecule has 1 heterocycles. The molecule has 2 amide bonds. The number of rotatable bonds is 17. The van der Waals surface area contributed by atoms with Crippen molar-refractivity contribution in [2.75, 3.05) is 45.8 Å². The summed E-state index contributed by atoms with van der Waals surface area (Å²) in [6, 6.07) is 21.0. The number of nitrogens with one attached hydrogen (secondary N) is 1. The molecule has 0 saturated carbocycles. The normalized spacial score (nSPS) is 13.8. The van der Waals surface area contributed by atoms with Crippen molar-refractivity contribution in [2.45, 2.75) is 108 Å². The number of carbonyl (C=O) groups excluding carboxylic acids is 2. The number of aryl methyl sites for hydroxylation is 1. The molecule has 0 spiro atoms. The summed E-state index contributed by atoms with van der Waals surface area (Å²) in [7, 11) is 0. The summed E-state index contributed by atoms with van der Waals surface area (Å²) in [5.41, 5.74) is 26.0. The van der Waals surface area contributed by atoms with E-state index in [4.69, 9.17) is 21.1 Å². The number of nitrogens with two attached hydrogens (primary N) is 4. The maximum atomic E-state index is 8.58. The van der Waals surface area contributed by atoms with Crippen molar-refractivity contribution in [3.63, 3.8) is 0 Å². The van der Waals surface area contributed by atoms with E-state index in [9.17, 15) is 0 Å². The number of allylic oxidation sites excluding steroid dienone is 5. The zero-order chi connectivity index (χ0) is 45.1. The van der Waals surface area contributed by atoms with E-state index in [0.29, 0.717) is 18.4 Å². The molecule has 1 fully saturated rings. The van der Waals surface area contributed by atoms with Gasteiger partial charge >= 0.3 is 0 Å². The Morgan fingerprint density at radius 3 is 1.75 bits per heavy atom. The molecule has 10 heteroatoms. The molecule has 1 saturated heterocycles. The molecule has 10 nitrogen and oxygen atoms in total. The lowest BCUT2D eigenvalue weighted by atomic mass is 9.92. The van der Waals surface area contributed by atoms with Crippen molar-refractivity contribution in [1.29, 1.82) is 0 Å². The lowest BCUT2D eigenvalue weighted by Crippen LogP contribution is -2.49. The Labute approximate surface area is 361 Å². The highest BCUT2D eigenvalue weighted by molar-refractivity contribution is 5.80. The second-order valence-electron chi connectivity index (χ2n) is 14.3. The predicted molar refractivity (Wildman–Crippen MR) is 258 cm³/mol. The number of hydrogen-bond donors (Lipinski definition) is 5. The Balaban J connectivity index is -0.00000136. The van der Waals surface area contributed by atoms with Gasteiger partial charge in [-0.15, -0.1) is 0 Å². The average Bonchev–Trinajstić information content (AvgIpc) is 3.23. The third kappa shape index (κ3) is 32.9. The van der Waals surface area contributed by atoms with Gasteiger partial charge in [0.2, 0.25) is 12.8 Å². The first-order valence-electron chi connectivity index (χ1n) is 21.8. The lowest BCUT2D eigenvalue weighted by Gasteiger charge is -2.41. The first kappa shape index (κ1) is 58.6. The molecule has 1 aliphatic heterocycles. The number of piperazine rings is 1. The summed E-state index contributed by atoms with van der Waals surface area (Å²) in [6.45, 7) is 27.5. The Morgan fingerprint density at radius 1 is 0.797 bits per heavy atom. The van der Waals surface area contributed by atoms with E-state index in [2.05, 4.69) is 135 Å². The Morgan fingerprint density at radius 2 is 1.31 bits per heavy atom. The summed E-state index contributed by atoms with van der Waals surface area (Å²) in [4.78, 5) is 26.8. The van der Waals surface area contributed by atoms with Crippen LogP contribution in [0.1, 0.15) is 106 Å². The Bertz CT molecular complexity index is 1370. The van der Waals surface area contributed by atoms with Crippen LogP contribution in [0.2, 0.25) is 0 Å². The molecule has 0 aliphatic carbocycles. The smallest absolute Gasteiger partial charge is 0.204 e. The third-order valence-electron chi connectivity index (χ3n) is 8.56. The molecule has 2 atom stereocenters. The van der Waals surface area contributed by atoms with Gasteiger partial charge < -0.3 is 38.1 Å². The van der Waals surface area contributed by atoms with Gasteiger partial charge in [0.25, 0.3) is 0 Å². The summed E-state index contributed by atoms with van der Waals surface area (Å²) in [5, 5.41) is 3.90. The lowest BCUT2D eigenvalue weighted by molar-refractivity contribution is -0.107. The van der Waals surface area contributed by atoms with E-state index in [0.717, 1.165) is 89.5 Å². The number of aliphatic imine (C=N–C) groups is 1. The molecule has 0 radical (unpaired) electrons. The molecule has 2 aromatic carbocycles. The van der Waals surface area contributed by atoms with Crippen molar-refractivity contribution in [1.82, 2.24) is 15.1 Å². The van der Waals surface area contributed by atoms with Crippen molar-refractivity contribution in [2.24, 2.45) is 45.7 Å². The molecule has 2 aromatic rings. The molecule has 0 bridgehead atoms. The van der Waals surface area contributed by atoms with Gasteiger partial charge in [0, 0.05) is 68.7 Å². The van der Waals surface area contributed by atoms with Gasteiger partial charge in [0.05, 0.1) is 0 Å². The number of amidine groups is 1. The zero-order valence-corrected chi connectivity index (χ0v) is 38.8. The molecule has 334 valence electrons. The van der Waals surface area contributed by atoms with Crippen molar-refractivity contribution in [3.8, 4) is 0 Å². The van der Waals surface area contributed by atoms with E-state index in [-0.39, 0.29) is 12.8 Å². The van der Waals surface area contributed by atoms with Crippen LogP contribution in [-0.2, 0) is 16.0 Å². The van der Waals surface area contributed by atoms with Gasteiger partial charge in [-0.25, -0.2) is 4.99 Å². The number of amides is 2. The summed E-state index contributed by atoms with van der Waals surface area (Å²) in [5.74, 6) is 2.65. The molecular formula is C49H86N8O2. The van der Waals surface area contributed by atoms with Crippen LogP contribution in [0.15, 0.2) is 114 Å². The Kier molecular flexibility index (Phi) is 42.7. The topological polar surface area (TPSA) is 169 Å². The predicted octanol–water partition coefficient (Wildman–Crippen LogP) is 8.74. The van der Waals surface area contributed by atoms with Crippen molar-refractivity contribution < 1.29 is 9.59 Å². The number of nitrogens with zero attached hydrogens (tertiary/aromatic N) is 3. The van der Waals surface area contributed by atoms with Crippen LogP contribution in [0.25, 0.3) is 0 Å². The van der Waals surface area contributed by atoms with E-state index < -0.39 is 0 Å². The number of hydrogen-bond acceptors (Lipinski definition) is 7. The van der Waals surface area contributed by atoms with Crippen molar-refractivity contribution >= 4 is 18.7 Å². The highest BCUT2D eigenvalue weighted by Crippen LogP contribution is 2.25. The van der Waals surface area contributed by atoms with Gasteiger partial charge in [0.15, 0.2) is 0 Å². The van der Waals surface area contributed by atoms with Crippen LogP contribution < -0.4 is 28.3 Å². The second kappa shape index (κ2) is 42.9. The van der Waals surface area contributed by atoms with Gasteiger partial charge in [0.1, 0.15) is 5.84 Å². The van der Waals surface area contributed by atoms with E-state index in [1.165, 1.54) is 22.5 Å². The molecule has 2 unspecified atom stereocenters. The Hall–Kier alpha value is -4.67. The van der Waals surface area contributed by atoms with Crippen LogP contribution in [0.3, 0.4) is 0 Å². The second-order valence-corrected chi connectivity index (χ2v) is 14.3. The minimum absolute atomic E-state index is 0.250. The largest absolute Gasteiger partial charge is 0.388 e. The first-order valence-corrected chi connectivity index (χ1v) is 21.8. The average molecular weight is 819 g/mol. The summed E-state index contributed by atoms with van der Waals surface area (Å²) in [6.07, 6.45) is 19.5. The van der Waals surface area contributed by atoms with Gasteiger partial charge in [-0.3, -0.25) is 9.59 Å². The summed E-state index contributed by atoms with van der Waals surface area (Å²) >= 11 is 0. The highest BCUT2D eigenvalue weighted by Gasteiger charge is 2.25. The number of primary amides is 2. The number of benzene rings is 2. The van der Waals surface area contributed by atoms with E-state index in [1.54, 1.807) is 0 Å². The molecule has 9 N–H and O–H groups in total. The van der Waals surface area contributed by atoms with Crippen LogP contribution in [0, 0.1) is 24.7 Å². The van der Waals surface area contributed by atoms with Crippen LogP contribution in [0.5, 0.6) is 0 Å². The van der Waals surface area contributed by atoms with E-state index >= 15 is 0 Å². The molecule has 59 heavy (non-hydrogen) atoms. The zero-order valence-electron chi connectivity index (χ0n) is 38.8. The minimum Gasteiger partial charge on any atom is -0.388 e. The minimum atomic E-state index is 0.250.